The van der Waals surface area contributed by atoms with E-state index < -0.39 is 0 Å². The largest absolute Gasteiger partial charge is 0.494 e. The fraction of sp³-hybridized carbons (Fsp3) is 0.250. The van der Waals surface area contributed by atoms with E-state index in [9.17, 15) is 0 Å². The van der Waals surface area contributed by atoms with Crippen molar-refractivity contribution in [3.63, 3.8) is 0 Å². The molecule has 0 spiro atoms. The minimum atomic E-state index is 0.695. The summed E-state index contributed by atoms with van der Waals surface area (Å²) in [6, 6.07) is 16.9. The van der Waals surface area contributed by atoms with Gasteiger partial charge in [-0.2, -0.15) is 0 Å². The van der Waals surface area contributed by atoms with Crippen LogP contribution in [0.1, 0.15) is 23.6 Å². The molecule has 0 saturated heterocycles. The molecular weight excluding hydrogens is 298 g/mol. The van der Waals surface area contributed by atoms with Gasteiger partial charge in [0.15, 0.2) is 0 Å². The van der Waals surface area contributed by atoms with E-state index in [2.05, 4.69) is 51.3 Å². The zero-order valence-electron chi connectivity index (χ0n) is 14.0. The van der Waals surface area contributed by atoms with Gasteiger partial charge in [0.05, 0.1) is 12.9 Å². The van der Waals surface area contributed by atoms with Crippen molar-refractivity contribution in [3.05, 3.63) is 83.9 Å². The maximum Gasteiger partial charge on any atom is 0.119 e. The summed E-state index contributed by atoms with van der Waals surface area (Å²) in [5.74, 6) is 0.930. The molecular formula is C20H23N3O. The van der Waals surface area contributed by atoms with Crippen molar-refractivity contribution in [2.24, 2.45) is 0 Å². The Morgan fingerprint density at radius 3 is 2.50 bits per heavy atom. The minimum Gasteiger partial charge on any atom is -0.494 e. The SMILES string of the molecule is CCOc1cccc(CNCc2cccc(Cn3ccnc3)c2)c1. The van der Waals surface area contributed by atoms with Gasteiger partial charge in [0.2, 0.25) is 0 Å². The molecule has 4 heteroatoms. The first-order valence-corrected chi connectivity index (χ1v) is 8.29. The van der Waals surface area contributed by atoms with Crippen molar-refractivity contribution >= 4 is 0 Å². The smallest absolute Gasteiger partial charge is 0.119 e. The number of imidazole rings is 1. The maximum atomic E-state index is 5.54. The monoisotopic (exact) mass is 321 g/mol. The molecule has 0 bridgehead atoms. The molecule has 24 heavy (non-hydrogen) atoms. The second kappa shape index (κ2) is 8.31. The number of benzene rings is 2. The quantitative estimate of drug-likeness (QED) is 0.689. The molecule has 1 aromatic heterocycles. The lowest BCUT2D eigenvalue weighted by molar-refractivity contribution is 0.340. The van der Waals surface area contributed by atoms with Gasteiger partial charge >= 0.3 is 0 Å². The third-order valence-electron chi connectivity index (χ3n) is 3.78. The van der Waals surface area contributed by atoms with Crippen molar-refractivity contribution in [1.29, 1.82) is 0 Å². The van der Waals surface area contributed by atoms with Crippen molar-refractivity contribution in [2.75, 3.05) is 6.61 Å². The lowest BCUT2D eigenvalue weighted by Crippen LogP contribution is -2.13. The summed E-state index contributed by atoms with van der Waals surface area (Å²) >= 11 is 0. The van der Waals surface area contributed by atoms with E-state index in [1.165, 1.54) is 16.7 Å². The van der Waals surface area contributed by atoms with Crippen LogP contribution in [-0.4, -0.2) is 16.2 Å². The molecule has 0 aliphatic rings. The number of aromatic nitrogens is 2. The van der Waals surface area contributed by atoms with Gasteiger partial charge in [0.1, 0.15) is 5.75 Å². The van der Waals surface area contributed by atoms with Gasteiger partial charge in [-0.05, 0) is 35.7 Å². The molecule has 1 N–H and O–H groups in total. The van der Waals surface area contributed by atoms with Gasteiger partial charge in [0.25, 0.3) is 0 Å². The van der Waals surface area contributed by atoms with Crippen LogP contribution in [0.4, 0.5) is 0 Å². The maximum absolute atomic E-state index is 5.54. The third kappa shape index (κ3) is 4.70. The van der Waals surface area contributed by atoms with Crippen LogP contribution < -0.4 is 10.1 Å². The topological polar surface area (TPSA) is 39.1 Å². The highest BCUT2D eigenvalue weighted by Gasteiger charge is 2.00. The van der Waals surface area contributed by atoms with E-state index >= 15 is 0 Å². The minimum absolute atomic E-state index is 0.695. The molecule has 0 saturated carbocycles. The average Bonchev–Trinajstić information content (AvgIpc) is 3.09. The molecule has 3 aromatic rings. The second-order valence-corrected chi connectivity index (χ2v) is 5.74. The molecule has 124 valence electrons. The van der Waals surface area contributed by atoms with Crippen LogP contribution >= 0.6 is 0 Å². The van der Waals surface area contributed by atoms with Gasteiger partial charge in [-0.25, -0.2) is 4.98 Å². The van der Waals surface area contributed by atoms with Crippen LogP contribution in [0.5, 0.6) is 5.75 Å². The third-order valence-corrected chi connectivity index (χ3v) is 3.78. The molecule has 0 aliphatic heterocycles. The molecule has 3 rings (SSSR count). The highest BCUT2D eigenvalue weighted by atomic mass is 16.5. The van der Waals surface area contributed by atoms with Crippen LogP contribution in [0.3, 0.4) is 0 Å². The Balaban J connectivity index is 1.54. The first-order chi connectivity index (χ1) is 11.8. The first kappa shape index (κ1) is 16.3. The Morgan fingerprint density at radius 1 is 1.00 bits per heavy atom. The molecule has 0 amide bonds. The number of hydrogen-bond acceptors (Lipinski definition) is 3. The van der Waals surface area contributed by atoms with E-state index in [1.54, 1.807) is 0 Å². The van der Waals surface area contributed by atoms with Crippen molar-refractivity contribution in [2.45, 2.75) is 26.6 Å². The van der Waals surface area contributed by atoms with Gasteiger partial charge in [-0.15, -0.1) is 0 Å². The van der Waals surface area contributed by atoms with Gasteiger partial charge in [0, 0.05) is 32.0 Å². The predicted octanol–water partition coefficient (Wildman–Crippen LogP) is 3.62. The number of ether oxygens (including phenoxy) is 1. The summed E-state index contributed by atoms with van der Waals surface area (Å²) in [6.45, 7) is 5.22. The highest BCUT2D eigenvalue weighted by Crippen LogP contribution is 2.13. The van der Waals surface area contributed by atoms with Crippen LogP contribution in [0, 0.1) is 0 Å². The average molecular weight is 321 g/mol. The Hall–Kier alpha value is -2.59. The number of hydrogen-bond donors (Lipinski definition) is 1. The Labute approximate surface area is 143 Å². The van der Waals surface area contributed by atoms with Crippen molar-refractivity contribution < 1.29 is 4.74 Å². The summed E-state index contributed by atoms with van der Waals surface area (Å²) in [6.07, 6.45) is 5.63. The Bertz CT molecular complexity index is 753. The summed E-state index contributed by atoms with van der Waals surface area (Å²) in [5, 5.41) is 3.50. The predicted molar refractivity (Wildman–Crippen MR) is 95.9 cm³/mol. The number of nitrogens with one attached hydrogen (secondary N) is 1. The second-order valence-electron chi connectivity index (χ2n) is 5.74. The van der Waals surface area contributed by atoms with E-state index in [4.69, 9.17) is 4.74 Å². The van der Waals surface area contributed by atoms with E-state index in [-0.39, 0.29) is 0 Å². The Morgan fingerprint density at radius 2 is 1.75 bits per heavy atom. The summed E-state index contributed by atoms with van der Waals surface area (Å²) in [7, 11) is 0. The van der Waals surface area contributed by atoms with E-state index in [0.717, 1.165) is 25.4 Å². The lowest BCUT2D eigenvalue weighted by Gasteiger charge is -2.09. The molecule has 2 aromatic carbocycles. The molecule has 0 aliphatic carbocycles. The van der Waals surface area contributed by atoms with Gasteiger partial charge in [-0.3, -0.25) is 0 Å². The first-order valence-electron chi connectivity index (χ1n) is 8.29. The lowest BCUT2D eigenvalue weighted by atomic mass is 10.1. The molecule has 1 heterocycles. The normalized spacial score (nSPS) is 10.7. The van der Waals surface area contributed by atoms with Crippen LogP contribution in [0.25, 0.3) is 0 Å². The van der Waals surface area contributed by atoms with Crippen molar-refractivity contribution in [1.82, 2.24) is 14.9 Å². The fourth-order valence-corrected chi connectivity index (χ4v) is 2.69. The fourth-order valence-electron chi connectivity index (χ4n) is 2.69. The molecule has 0 unspecified atom stereocenters. The standard InChI is InChI=1S/C20H23N3O/c1-2-24-20-8-4-6-18(12-20)14-22-13-17-5-3-7-19(11-17)15-23-10-9-21-16-23/h3-12,16,22H,2,13-15H2,1H3. The Kier molecular flexibility index (Phi) is 5.64. The number of rotatable bonds is 8. The molecule has 4 nitrogen and oxygen atoms in total. The molecule has 0 fully saturated rings. The molecule has 0 radical (unpaired) electrons. The van der Waals surface area contributed by atoms with E-state index in [1.807, 2.05) is 37.8 Å². The summed E-state index contributed by atoms with van der Waals surface area (Å²) in [5.41, 5.74) is 3.80. The van der Waals surface area contributed by atoms with E-state index in [0.29, 0.717) is 6.61 Å². The zero-order valence-corrected chi connectivity index (χ0v) is 14.0. The van der Waals surface area contributed by atoms with Crippen LogP contribution in [0.2, 0.25) is 0 Å². The van der Waals surface area contributed by atoms with Crippen molar-refractivity contribution in [3.8, 4) is 5.75 Å². The van der Waals surface area contributed by atoms with Crippen LogP contribution in [-0.2, 0) is 19.6 Å². The summed E-state index contributed by atoms with van der Waals surface area (Å²) < 4.78 is 7.62. The van der Waals surface area contributed by atoms with Gasteiger partial charge in [-0.1, -0.05) is 36.4 Å². The molecule has 0 atom stereocenters. The zero-order chi connectivity index (χ0) is 16.6. The summed E-state index contributed by atoms with van der Waals surface area (Å²) in [4.78, 5) is 4.08. The number of nitrogens with zero attached hydrogens (tertiary/aromatic N) is 2. The van der Waals surface area contributed by atoms with Crippen LogP contribution in [0.15, 0.2) is 67.3 Å². The van der Waals surface area contributed by atoms with Gasteiger partial charge < -0.3 is 14.6 Å². The highest BCUT2D eigenvalue weighted by molar-refractivity contribution is 5.28.